The van der Waals surface area contributed by atoms with Crippen LogP contribution in [0.1, 0.15) is 19.2 Å². The summed E-state index contributed by atoms with van der Waals surface area (Å²) in [5, 5.41) is -0.0513. The molecule has 20 heavy (non-hydrogen) atoms. The van der Waals surface area contributed by atoms with Crippen molar-refractivity contribution in [2.45, 2.75) is 31.3 Å². The van der Waals surface area contributed by atoms with Gasteiger partial charge in [0.05, 0.1) is 13.2 Å². The minimum absolute atomic E-state index is 0.0513. The van der Waals surface area contributed by atoms with Crippen molar-refractivity contribution >= 4 is 19.7 Å². The summed E-state index contributed by atoms with van der Waals surface area (Å²) in [5.41, 5.74) is 0. The van der Waals surface area contributed by atoms with E-state index in [9.17, 15) is 8.42 Å². The maximum absolute atomic E-state index is 11.4. The Bertz CT molecular complexity index is 538. The molecule has 1 aromatic rings. The van der Waals surface area contributed by atoms with E-state index < -0.39 is 9.05 Å². The summed E-state index contributed by atoms with van der Waals surface area (Å²) in [6, 6.07) is 0. The summed E-state index contributed by atoms with van der Waals surface area (Å²) >= 11 is 0. The van der Waals surface area contributed by atoms with Gasteiger partial charge in [-0.25, -0.2) is 13.4 Å². The minimum atomic E-state index is -3.76. The zero-order valence-corrected chi connectivity index (χ0v) is 13.2. The van der Waals surface area contributed by atoms with Crippen LogP contribution >= 0.6 is 10.7 Å². The smallest absolute Gasteiger partial charge is 0.280 e. The van der Waals surface area contributed by atoms with Crippen LogP contribution in [0.5, 0.6) is 0 Å². The number of aromatic nitrogens is 2. The fourth-order valence-electron chi connectivity index (χ4n) is 2.24. The number of aryl methyl sites for hydroxylation is 1. The first-order valence-electron chi connectivity index (χ1n) is 6.81. The molecule has 0 unspecified atom stereocenters. The third-order valence-electron chi connectivity index (χ3n) is 3.32. The summed E-state index contributed by atoms with van der Waals surface area (Å²) in [4.78, 5) is 6.43. The van der Waals surface area contributed by atoms with Crippen LogP contribution in [0.4, 0.5) is 0 Å². The van der Waals surface area contributed by atoms with Crippen LogP contribution in [0.3, 0.4) is 0 Å². The molecule has 8 heteroatoms. The number of hydrogen-bond donors (Lipinski definition) is 0. The van der Waals surface area contributed by atoms with Crippen LogP contribution in [-0.2, 0) is 26.8 Å². The Morgan fingerprint density at radius 1 is 1.35 bits per heavy atom. The first kappa shape index (κ1) is 15.8. The van der Waals surface area contributed by atoms with Crippen molar-refractivity contribution < 1.29 is 13.2 Å². The van der Waals surface area contributed by atoms with Crippen molar-refractivity contribution in [3.05, 3.63) is 12.0 Å². The molecule has 0 aromatic carbocycles. The molecule has 114 valence electrons. The lowest BCUT2D eigenvalue weighted by Crippen LogP contribution is -2.38. The van der Waals surface area contributed by atoms with Crippen molar-refractivity contribution in [3.63, 3.8) is 0 Å². The first-order valence-corrected chi connectivity index (χ1v) is 9.12. The monoisotopic (exact) mass is 321 g/mol. The van der Waals surface area contributed by atoms with Gasteiger partial charge in [0.15, 0.2) is 5.03 Å². The van der Waals surface area contributed by atoms with Gasteiger partial charge in [-0.1, -0.05) is 6.92 Å². The lowest BCUT2D eigenvalue weighted by molar-refractivity contribution is 0.0363. The average molecular weight is 322 g/mol. The zero-order valence-electron chi connectivity index (χ0n) is 11.6. The third kappa shape index (κ3) is 4.18. The fraction of sp³-hybridized carbons (Fsp3) is 0.750. The van der Waals surface area contributed by atoms with Gasteiger partial charge in [0.2, 0.25) is 0 Å². The van der Waals surface area contributed by atoms with Crippen LogP contribution in [0.15, 0.2) is 11.2 Å². The van der Waals surface area contributed by atoms with Crippen LogP contribution in [0, 0.1) is 0 Å². The highest BCUT2D eigenvalue weighted by Gasteiger charge is 2.18. The molecule has 0 atom stereocenters. The maximum atomic E-state index is 11.4. The molecule has 0 spiro atoms. The average Bonchev–Trinajstić information content (AvgIpc) is 2.81. The van der Waals surface area contributed by atoms with Gasteiger partial charge in [-0.15, -0.1) is 0 Å². The second-order valence-corrected chi connectivity index (χ2v) is 7.34. The number of morpholine rings is 1. The number of halogens is 1. The fourth-order valence-corrected chi connectivity index (χ4v) is 2.93. The lowest BCUT2D eigenvalue weighted by Gasteiger charge is -2.26. The standard InChI is InChI=1S/C12H20ClN3O3S/c1-2-3-11-14-12(20(13,17)18)10-16(11)5-4-15-6-8-19-9-7-15/h10H,2-9H2,1H3. The predicted molar refractivity (Wildman–Crippen MR) is 76.5 cm³/mol. The van der Waals surface area contributed by atoms with E-state index >= 15 is 0 Å². The number of nitrogens with zero attached hydrogens (tertiary/aromatic N) is 3. The number of hydrogen-bond acceptors (Lipinski definition) is 5. The number of imidazole rings is 1. The molecule has 1 aromatic heterocycles. The summed E-state index contributed by atoms with van der Waals surface area (Å²) in [7, 11) is 1.60. The van der Waals surface area contributed by atoms with Crippen LogP contribution in [-0.4, -0.2) is 55.7 Å². The Kier molecular flexibility index (Phi) is 5.42. The van der Waals surface area contributed by atoms with E-state index in [2.05, 4.69) is 9.88 Å². The maximum Gasteiger partial charge on any atom is 0.280 e. The summed E-state index contributed by atoms with van der Waals surface area (Å²) < 4.78 is 29.9. The Morgan fingerprint density at radius 3 is 2.65 bits per heavy atom. The van der Waals surface area contributed by atoms with E-state index in [0.29, 0.717) is 0 Å². The molecule has 1 aliphatic rings. The second-order valence-electron chi connectivity index (χ2n) is 4.83. The van der Waals surface area contributed by atoms with E-state index in [0.717, 1.165) is 58.1 Å². The molecule has 0 radical (unpaired) electrons. The highest BCUT2D eigenvalue weighted by Crippen LogP contribution is 2.15. The van der Waals surface area contributed by atoms with Gasteiger partial charge in [-0.05, 0) is 6.42 Å². The topological polar surface area (TPSA) is 64.4 Å². The van der Waals surface area contributed by atoms with Crippen molar-refractivity contribution in [2.75, 3.05) is 32.8 Å². The SMILES string of the molecule is CCCc1nc(S(=O)(=O)Cl)cn1CCN1CCOCC1. The molecular weight excluding hydrogens is 302 g/mol. The summed E-state index contributed by atoms with van der Waals surface area (Å²) in [5.74, 6) is 0.778. The van der Waals surface area contributed by atoms with Gasteiger partial charge < -0.3 is 9.30 Å². The van der Waals surface area contributed by atoms with Crippen LogP contribution in [0.2, 0.25) is 0 Å². The lowest BCUT2D eigenvalue weighted by atomic mass is 10.3. The highest BCUT2D eigenvalue weighted by atomic mass is 35.7. The summed E-state index contributed by atoms with van der Waals surface area (Å²) in [6.07, 6.45) is 3.19. The Morgan fingerprint density at radius 2 is 2.05 bits per heavy atom. The molecule has 1 aliphatic heterocycles. The van der Waals surface area contributed by atoms with Crippen molar-refractivity contribution in [1.82, 2.24) is 14.5 Å². The number of rotatable bonds is 6. The zero-order chi connectivity index (χ0) is 14.6. The quantitative estimate of drug-likeness (QED) is 0.734. The highest BCUT2D eigenvalue weighted by molar-refractivity contribution is 8.13. The Balaban J connectivity index is 2.06. The van der Waals surface area contributed by atoms with Gasteiger partial charge in [-0.3, -0.25) is 4.90 Å². The molecule has 0 N–H and O–H groups in total. The van der Waals surface area contributed by atoms with Crippen molar-refractivity contribution in [2.24, 2.45) is 0 Å². The second kappa shape index (κ2) is 6.89. The van der Waals surface area contributed by atoms with Gasteiger partial charge in [0.1, 0.15) is 5.82 Å². The molecule has 0 amide bonds. The van der Waals surface area contributed by atoms with Crippen LogP contribution in [0.25, 0.3) is 0 Å². The first-order chi connectivity index (χ1) is 9.50. The molecule has 6 nitrogen and oxygen atoms in total. The van der Waals surface area contributed by atoms with Gasteiger partial charge >= 0.3 is 0 Å². The third-order valence-corrected chi connectivity index (χ3v) is 4.49. The molecule has 2 heterocycles. The predicted octanol–water partition coefficient (Wildman–Crippen LogP) is 1.10. The molecule has 2 rings (SSSR count). The summed E-state index contributed by atoms with van der Waals surface area (Å²) in [6.45, 7) is 6.96. The minimum Gasteiger partial charge on any atom is -0.379 e. The van der Waals surface area contributed by atoms with E-state index in [-0.39, 0.29) is 5.03 Å². The van der Waals surface area contributed by atoms with E-state index in [1.807, 2.05) is 11.5 Å². The largest absolute Gasteiger partial charge is 0.379 e. The van der Waals surface area contributed by atoms with Gasteiger partial charge in [-0.2, -0.15) is 0 Å². The molecule has 1 saturated heterocycles. The molecule has 0 saturated carbocycles. The van der Waals surface area contributed by atoms with E-state index in [1.165, 1.54) is 6.20 Å². The van der Waals surface area contributed by atoms with Crippen LogP contribution < -0.4 is 0 Å². The van der Waals surface area contributed by atoms with Crippen molar-refractivity contribution in [1.29, 1.82) is 0 Å². The molecule has 0 bridgehead atoms. The normalized spacial score (nSPS) is 17.5. The number of ether oxygens (including phenoxy) is 1. The molecule has 0 aliphatic carbocycles. The van der Waals surface area contributed by atoms with Gasteiger partial charge in [0.25, 0.3) is 9.05 Å². The Hall–Kier alpha value is -0.630. The van der Waals surface area contributed by atoms with Crippen molar-refractivity contribution in [3.8, 4) is 0 Å². The van der Waals surface area contributed by atoms with E-state index in [4.69, 9.17) is 15.4 Å². The molecular formula is C12H20ClN3O3S. The van der Waals surface area contributed by atoms with E-state index in [1.54, 1.807) is 0 Å². The Labute approximate surface area is 124 Å². The van der Waals surface area contributed by atoms with Gasteiger partial charge in [0, 0.05) is 49.5 Å². The molecule has 1 fully saturated rings.